The minimum atomic E-state index is -0.0585. The number of carbonyl (C=O) groups is 1. The Kier molecular flexibility index (Phi) is 8.02. The molecule has 2 N–H and O–H groups in total. The Balaban J connectivity index is 2.56. The molecule has 0 unspecified atom stereocenters. The fourth-order valence-corrected chi connectivity index (χ4v) is 1.87. The lowest BCUT2D eigenvalue weighted by atomic mass is 10.2. The first-order chi connectivity index (χ1) is 9.69. The number of amides is 1. The van der Waals surface area contributed by atoms with Crippen molar-refractivity contribution in [2.45, 2.75) is 13.0 Å². The number of carbonyl (C=O) groups excluding carboxylic acids is 1. The van der Waals surface area contributed by atoms with Gasteiger partial charge in [0.25, 0.3) is 0 Å². The molecule has 0 atom stereocenters. The Morgan fingerprint density at radius 3 is 2.85 bits per heavy atom. The molecule has 6 heteroatoms. The van der Waals surface area contributed by atoms with Crippen LogP contribution >= 0.6 is 11.6 Å². The first-order valence-corrected chi connectivity index (χ1v) is 6.87. The third-order valence-corrected chi connectivity index (χ3v) is 3.00. The molecule has 1 aromatic rings. The van der Waals surface area contributed by atoms with E-state index in [0.29, 0.717) is 37.0 Å². The van der Waals surface area contributed by atoms with Crippen LogP contribution in [0, 0.1) is 0 Å². The summed E-state index contributed by atoms with van der Waals surface area (Å²) in [6.45, 7) is 2.34. The van der Waals surface area contributed by atoms with Crippen molar-refractivity contribution in [3.05, 3.63) is 28.8 Å². The van der Waals surface area contributed by atoms with Crippen molar-refractivity contribution < 1.29 is 14.3 Å². The van der Waals surface area contributed by atoms with Gasteiger partial charge in [0.05, 0.1) is 24.7 Å². The molecule has 0 fully saturated rings. The Morgan fingerprint density at radius 2 is 2.15 bits per heavy atom. The topological polar surface area (TPSA) is 59.6 Å². The molecule has 1 amide bonds. The molecule has 0 aromatic heterocycles. The van der Waals surface area contributed by atoms with Crippen LogP contribution in [0.3, 0.4) is 0 Å². The Labute approximate surface area is 124 Å². The van der Waals surface area contributed by atoms with Crippen LogP contribution in [-0.2, 0) is 16.1 Å². The quantitative estimate of drug-likeness (QED) is 0.680. The molecular formula is C14H21ClN2O3. The molecule has 0 aliphatic rings. The zero-order chi connectivity index (χ0) is 14.8. The minimum absolute atomic E-state index is 0.0585. The Hall–Kier alpha value is -1.30. The maximum atomic E-state index is 11.2. The maximum Gasteiger partial charge on any atom is 0.223 e. The average molecular weight is 301 g/mol. The predicted molar refractivity (Wildman–Crippen MR) is 79.2 cm³/mol. The van der Waals surface area contributed by atoms with Crippen LogP contribution in [0.15, 0.2) is 18.2 Å². The second-order valence-corrected chi connectivity index (χ2v) is 4.58. The molecule has 5 nitrogen and oxygen atoms in total. The molecule has 0 saturated heterocycles. The van der Waals surface area contributed by atoms with Gasteiger partial charge in [-0.3, -0.25) is 4.79 Å². The van der Waals surface area contributed by atoms with Gasteiger partial charge in [0.15, 0.2) is 0 Å². The third-order valence-electron chi connectivity index (χ3n) is 2.70. The molecular weight excluding hydrogens is 280 g/mol. The van der Waals surface area contributed by atoms with Gasteiger partial charge in [0, 0.05) is 32.8 Å². The van der Waals surface area contributed by atoms with E-state index in [1.807, 2.05) is 12.1 Å². The van der Waals surface area contributed by atoms with Gasteiger partial charge in [0.1, 0.15) is 5.75 Å². The van der Waals surface area contributed by atoms with Crippen molar-refractivity contribution in [1.82, 2.24) is 10.6 Å². The highest BCUT2D eigenvalue weighted by Crippen LogP contribution is 2.28. The highest BCUT2D eigenvalue weighted by atomic mass is 35.5. The van der Waals surface area contributed by atoms with Gasteiger partial charge < -0.3 is 20.1 Å². The van der Waals surface area contributed by atoms with E-state index in [4.69, 9.17) is 21.1 Å². The second kappa shape index (κ2) is 9.58. The van der Waals surface area contributed by atoms with E-state index in [9.17, 15) is 4.79 Å². The van der Waals surface area contributed by atoms with Crippen LogP contribution in [0.2, 0.25) is 5.02 Å². The summed E-state index contributed by atoms with van der Waals surface area (Å²) in [4.78, 5) is 11.2. The number of hydrogen-bond donors (Lipinski definition) is 2. The van der Waals surface area contributed by atoms with Crippen molar-refractivity contribution in [1.29, 1.82) is 0 Å². The zero-order valence-corrected chi connectivity index (χ0v) is 12.6. The SMILES string of the molecule is CNC(=O)CCOc1c(Cl)cccc1CNCCOC. The van der Waals surface area contributed by atoms with E-state index in [-0.39, 0.29) is 5.91 Å². The lowest BCUT2D eigenvalue weighted by Gasteiger charge is -2.13. The molecule has 112 valence electrons. The van der Waals surface area contributed by atoms with Crippen LogP contribution in [0.4, 0.5) is 0 Å². The van der Waals surface area contributed by atoms with E-state index in [1.54, 1.807) is 20.2 Å². The summed E-state index contributed by atoms with van der Waals surface area (Å²) in [5.74, 6) is 0.569. The smallest absolute Gasteiger partial charge is 0.223 e. The normalized spacial score (nSPS) is 10.3. The van der Waals surface area contributed by atoms with E-state index in [2.05, 4.69) is 10.6 Å². The summed E-state index contributed by atoms with van der Waals surface area (Å²) in [7, 11) is 3.26. The standard InChI is InChI=1S/C14H21ClN2O3/c1-16-13(18)6-8-20-14-11(4-3-5-12(14)15)10-17-7-9-19-2/h3-5,17H,6-10H2,1-2H3,(H,16,18). The van der Waals surface area contributed by atoms with Crippen LogP contribution in [0.1, 0.15) is 12.0 Å². The molecule has 20 heavy (non-hydrogen) atoms. The molecule has 0 heterocycles. The molecule has 1 aromatic carbocycles. The summed E-state index contributed by atoms with van der Waals surface area (Å²) < 4.78 is 10.6. The average Bonchev–Trinajstić information content (AvgIpc) is 2.45. The highest BCUT2D eigenvalue weighted by molar-refractivity contribution is 6.32. The van der Waals surface area contributed by atoms with Crippen molar-refractivity contribution >= 4 is 17.5 Å². The van der Waals surface area contributed by atoms with Crippen LogP contribution in [-0.4, -0.2) is 39.8 Å². The van der Waals surface area contributed by atoms with E-state index in [1.165, 1.54) is 0 Å². The number of nitrogens with one attached hydrogen (secondary N) is 2. The number of rotatable bonds is 9. The fraction of sp³-hybridized carbons (Fsp3) is 0.500. The van der Waals surface area contributed by atoms with Crippen LogP contribution in [0.25, 0.3) is 0 Å². The molecule has 0 aliphatic carbocycles. The highest BCUT2D eigenvalue weighted by Gasteiger charge is 2.09. The van der Waals surface area contributed by atoms with E-state index in [0.717, 1.165) is 12.1 Å². The largest absolute Gasteiger partial charge is 0.491 e. The van der Waals surface area contributed by atoms with Gasteiger partial charge >= 0.3 is 0 Å². The van der Waals surface area contributed by atoms with Crippen LogP contribution < -0.4 is 15.4 Å². The lowest BCUT2D eigenvalue weighted by Crippen LogP contribution is -2.21. The van der Waals surface area contributed by atoms with E-state index >= 15 is 0 Å². The predicted octanol–water partition coefficient (Wildman–Crippen LogP) is 1.59. The molecule has 0 spiro atoms. The van der Waals surface area contributed by atoms with Crippen molar-refractivity contribution in [3.63, 3.8) is 0 Å². The van der Waals surface area contributed by atoms with Gasteiger partial charge in [-0.1, -0.05) is 23.7 Å². The number of halogens is 1. The first kappa shape index (κ1) is 16.8. The second-order valence-electron chi connectivity index (χ2n) is 4.17. The summed E-state index contributed by atoms with van der Waals surface area (Å²) in [5.41, 5.74) is 0.963. The summed E-state index contributed by atoms with van der Waals surface area (Å²) >= 11 is 6.14. The summed E-state index contributed by atoms with van der Waals surface area (Å²) in [6, 6.07) is 5.59. The molecule has 0 radical (unpaired) electrons. The third kappa shape index (κ3) is 5.77. The summed E-state index contributed by atoms with van der Waals surface area (Å²) in [5, 5.41) is 6.34. The monoisotopic (exact) mass is 300 g/mol. The maximum absolute atomic E-state index is 11.2. The van der Waals surface area contributed by atoms with Crippen molar-refractivity contribution in [2.75, 3.05) is 33.9 Å². The van der Waals surface area contributed by atoms with E-state index < -0.39 is 0 Å². The Bertz CT molecular complexity index is 427. The number of ether oxygens (including phenoxy) is 2. The van der Waals surface area contributed by atoms with Gasteiger partial charge in [-0.15, -0.1) is 0 Å². The van der Waals surface area contributed by atoms with Gasteiger partial charge in [-0.2, -0.15) is 0 Å². The summed E-state index contributed by atoms with van der Waals surface area (Å²) in [6.07, 6.45) is 0.304. The van der Waals surface area contributed by atoms with Gasteiger partial charge in [-0.05, 0) is 6.07 Å². The molecule has 1 rings (SSSR count). The van der Waals surface area contributed by atoms with Crippen molar-refractivity contribution in [2.24, 2.45) is 0 Å². The zero-order valence-electron chi connectivity index (χ0n) is 11.9. The molecule has 0 saturated carbocycles. The Morgan fingerprint density at radius 1 is 1.35 bits per heavy atom. The number of methoxy groups -OCH3 is 1. The lowest BCUT2D eigenvalue weighted by molar-refractivity contribution is -0.121. The minimum Gasteiger partial charge on any atom is -0.491 e. The fourth-order valence-electron chi connectivity index (χ4n) is 1.62. The molecule has 0 bridgehead atoms. The van der Waals surface area contributed by atoms with Gasteiger partial charge in [0.2, 0.25) is 5.91 Å². The van der Waals surface area contributed by atoms with Crippen LogP contribution in [0.5, 0.6) is 5.75 Å². The first-order valence-electron chi connectivity index (χ1n) is 6.49. The number of benzene rings is 1. The number of hydrogen-bond acceptors (Lipinski definition) is 4. The number of para-hydroxylation sites is 1. The van der Waals surface area contributed by atoms with Gasteiger partial charge in [-0.25, -0.2) is 0 Å². The molecule has 0 aliphatic heterocycles. The van der Waals surface area contributed by atoms with Crippen molar-refractivity contribution in [3.8, 4) is 5.75 Å².